The van der Waals surface area contributed by atoms with Gasteiger partial charge in [0.15, 0.2) is 10.8 Å². The first-order chi connectivity index (χ1) is 17.8. The number of amides is 2. The number of anilines is 1. The third-order valence-corrected chi connectivity index (χ3v) is 7.23. The second-order valence-electron chi connectivity index (χ2n) is 9.11. The number of aryl methyl sites for hydroxylation is 3. The predicted octanol–water partition coefficient (Wildman–Crippen LogP) is 6.05. The van der Waals surface area contributed by atoms with Crippen molar-refractivity contribution in [2.45, 2.75) is 39.0 Å². The summed E-state index contributed by atoms with van der Waals surface area (Å²) in [5.41, 5.74) is 5.29. The molecule has 0 aliphatic carbocycles. The van der Waals surface area contributed by atoms with Gasteiger partial charge in [-0.05, 0) is 73.9 Å². The number of aromatic nitrogens is 1. The maximum absolute atomic E-state index is 13.9. The quantitative estimate of drug-likeness (QED) is 0.337. The van der Waals surface area contributed by atoms with Gasteiger partial charge in [0.1, 0.15) is 16.8 Å². The standard InChI is InChI=1S/C28H25FN4O3S/c1-16-10-17(2)12-20(11-16)30-28-33(15-23-21-13-19(29)8-9-24(21)36-32-23)27(35)25(37-28)14-26(34)31-22-7-5-4-6-18(22)3/h4-13,25H,14-15H2,1-3H3,(H,31,34). The van der Waals surface area contributed by atoms with Crippen molar-refractivity contribution < 1.29 is 18.5 Å². The molecule has 0 saturated carbocycles. The maximum atomic E-state index is 13.9. The number of benzene rings is 3. The van der Waals surface area contributed by atoms with Crippen molar-refractivity contribution in [1.82, 2.24) is 10.1 Å². The molecular weight excluding hydrogens is 491 g/mol. The summed E-state index contributed by atoms with van der Waals surface area (Å²) in [6.45, 7) is 5.92. The van der Waals surface area contributed by atoms with Gasteiger partial charge in [-0.25, -0.2) is 9.38 Å². The first-order valence-corrected chi connectivity index (χ1v) is 12.7. The fourth-order valence-electron chi connectivity index (χ4n) is 4.30. The van der Waals surface area contributed by atoms with Crippen LogP contribution in [-0.4, -0.2) is 32.3 Å². The van der Waals surface area contributed by atoms with Crippen LogP contribution in [-0.2, 0) is 16.1 Å². The molecule has 2 heterocycles. The topological polar surface area (TPSA) is 87.8 Å². The van der Waals surface area contributed by atoms with Crippen LogP contribution in [0.25, 0.3) is 11.0 Å². The summed E-state index contributed by atoms with van der Waals surface area (Å²) in [7, 11) is 0. The number of nitrogens with zero attached hydrogens (tertiary/aromatic N) is 3. The highest BCUT2D eigenvalue weighted by Gasteiger charge is 2.40. The zero-order valence-corrected chi connectivity index (χ0v) is 21.4. The number of para-hydroxylation sites is 1. The number of fused-ring (bicyclic) bond motifs is 1. The van der Waals surface area contributed by atoms with E-state index in [4.69, 9.17) is 9.52 Å². The Hall–Kier alpha value is -3.98. The van der Waals surface area contributed by atoms with E-state index in [0.29, 0.717) is 33.2 Å². The molecule has 188 valence electrons. The average molecular weight is 517 g/mol. The molecule has 0 bridgehead atoms. The average Bonchev–Trinajstić information content (AvgIpc) is 3.36. The summed E-state index contributed by atoms with van der Waals surface area (Å²) >= 11 is 1.24. The largest absolute Gasteiger partial charge is 0.356 e. The molecule has 7 nitrogen and oxygen atoms in total. The molecule has 0 radical (unpaired) electrons. The Morgan fingerprint density at radius 2 is 1.86 bits per heavy atom. The molecule has 1 aromatic heterocycles. The van der Waals surface area contributed by atoms with Crippen LogP contribution in [0.5, 0.6) is 0 Å². The molecule has 4 aromatic rings. The van der Waals surface area contributed by atoms with Crippen molar-refractivity contribution in [2.24, 2.45) is 4.99 Å². The Balaban J connectivity index is 1.44. The van der Waals surface area contributed by atoms with E-state index in [9.17, 15) is 14.0 Å². The lowest BCUT2D eigenvalue weighted by Crippen LogP contribution is -2.33. The summed E-state index contributed by atoms with van der Waals surface area (Å²) in [6, 6.07) is 17.5. The maximum Gasteiger partial charge on any atom is 0.243 e. The van der Waals surface area contributed by atoms with Crippen LogP contribution in [0.1, 0.15) is 28.8 Å². The van der Waals surface area contributed by atoms with Crippen LogP contribution in [0, 0.1) is 26.6 Å². The van der Waals surface area contributed by atoms with E-state index in [1.54, 1.807) is 0 Å². The van der Waals surface area contributed by atoms with E-state index in [1.165, 1.54) is 34.9 Å². The minimum atomic E-state index is -0.663. The van der Waals surface area contributed by atoms with Crippen molar-refractivity contribution in [2.75, 3.05) is 5.32 Å². The molecule has 37 heavy (non-hydrogen) atoms. The number of hydrogen-bond donors (Lipinski definition) is 1. The fraction of sp³-hybridized carbons (Fsp3) is 0.214. The molecule has 1 unspecified atom stereocenters. The van der Waals surface area contributed by atoms with Crippen molar-refractivity contribution >= 4 is 51.1 Å². The number of halogens is 1. The first-order valence-electron chi connectivity index (χ1n) is 11.8. The van der Waals surface area contributed by atoms with E-state index in [1.807, 2.05) is 63.2 Å². The zero-order valence-electron chi connectivity index (χ0n) is 20.6. The Bertz CT molecular complexity index is 1530. The summed E-state index contributed by atoms with van der Waals surface area (Å²) in [4.78, 5) is 32.7. The van der Waals surface area contributed by atoms with Crippen molar-refractivity contribution in [3.63, 3.8) is 0 Å². The molecule has 1 N–H and O–H groups in total. The number of nitrogens with one attached hydrogen (secondary N) is 1. The molecular formula is C28H25FN4O3S. The summed E-state index contributed by atoms with van der Waals surface area (Å²) in [6.07, 6.45) is -0.0195. The normalized spacial score (nSPS) is 16.6. The zero-order chi connectivity index (χ0) is 26.1. The van der Waals surface area contributed by atoms with E-state index in [-0.39, 0.29) is 24.8 Å². The van der Waals surface area contributed by atoms with E-state index < -0.39 is 11.1 Å². The molecule has 1 atom stereocenters. The van der Waals surface area contributed by atoms with Crippen LogP contribution >= 0.6 is 11.8 Å². The van der Waals surface area contributed by atoms with Gasteiger partial charge in [0.25, 0.3) is 0 Å². The lowest BCUT2D eigenvalue weighted by molar-refractivity contribution is -0.128. The van der Waals surface area contributed by atoms with Gasteiger partial charge in [-0.15, -0.1) is 0 Å². The van der Waals surface area contributed by atoms with E-state index in [0.717, 1.165) is 16.7 Å². The number of rotatable bonds is 6. The van der Waals surface area contributed by atoms with Crippen molar-refractivity contribution in [3.8, 4) is 0 Å². The number of amidine groups is 1. The van der Waals surface area contributed by atoms with Crippen molar-refractivity contribution in [3.05, 3.63) is 88.9 Å². The smallest absolute Gasteiger partial charge is 0.243 e. The second-order valence-corrected chi connectivity index (χ2v) is 10.3. The SMILES string of the molecule is Cc1cc(C)cc(N=C2SC(CC(=O)Nc3ccccc3C)C(=O)N2Cc2noc3ccc(F)cc23)c1. The fourth-order valence-corrected chi connectivity index (χ4v) is 5.46. The van der Waals surface area contributed by atoms with Crippen LogP contribution in [0.2, 0.25) is 0 Å². The van der Waals surface area contributed by atoms with Crippen LogP contribution in [0.4, 0.5) is 15.8 Å². The molecule has 3 aromatic carbocycles. The minimum absolute atomic E-state index is 0.0195. The van der Waals surface area contributed by atoms with Gasteiger partial charge in [-0.1, -0.05) is 41.2 Å². The highest BCUT2D eigenvalue weighted by molar-refractivity contribution is 8.15. The first kappa shape index (κ1) is 24.7. The molecule has 2 amide bonds. The number of carbonyl (C=O) groups is 2. The second kappa shape index (κ2) is 10.2. The lowest BCUT2D eigenvalue weighted by Gasteiger charge is -2.15. The van der Waals surface area contributed by atoms with Crippen LogP contribution in [0.3, 0.4) is 0 Å². The highest BCUT2D eigenvalue weighted by atomic mass is 32.2. The number of hydrogen-bond acceptors (Lipinski definition) is 6. The lowest BCUT2D eigenvalue weighted by atomic mass is 10.1. The third-order valence-electron chi connectivity index (χ3n) is 6.06. The molecule has 1 aliphatic heterocycles. The molecule has 1 aliphatic rings. The molecule has 1 saturated heterocycles. The van der Waals surface area contributed by atoms with Gasteiger partial charge >= 0.3 is 0 Å². The third kappa shape index (κ3) is 5.41. The van der Waals surface area contributed by atoms with Crippen LogP contribution < -0.4 is 5.32 Å². The van der Waals surface area contributed by atoms with Crippen molar-refractivity contribution in [1.29, 1.82) is 0 Å². The summed E-state index contributed by atoms with van der Waals surface area (Å²) in [5.74, 6) is -0.948. The van der Waals surface area contributed by atoms with E-state index >= 15 is 0 Å². The van der Waals surface area contributed by atoms with Gasteiger partial charge in [-0.2, -0.15) is 0 Å². The Morgan fingerprint density at radius 3 is 2.62 bits per heavy atom. The minimum Gasteiger partial charge on any atom is -0.356 e. The Morgan fingerprint density at radius 1 is 1.11 bits per heavy atom. The predicted molar refractivity (Wildman–Crippen MR) is 143 cm³/mol. The van der Waals surface area contributed by atoms with Gasteiger partial charge in [0.2, 0.25) is 11.8 Å². The van der Waals surface area contributed by atoms with Gasteiger partial charge in [-0.3, -0.25) is 14.5 Å². The monoisotopic (exact) mass is 516 g/mol. The van der Waals surface area contributed by atoms with E-state index in [2.05, 4.69) is 10.5 Å². The Kier molecular flexibility index (Phi) is 6.80. The number of aliphatic imine (C=N–C) groups is 1. The van der Waals surface area contributed by atoms with Crippen LogP contribution in [0.15, 0.2) is 70.2 Å². The molecule has 9 heteroatoms. The number of thioether (sulfide) groups is 1. The summed E-state index contributed by atoms with van der Waals surface area (Å²) < 4.78 is 19.3. The highest BCUT2D eigenvalue weighted by Crippen LogP contribution is 2.34. The Labute approximate surface area is 217 Å². The number of carbonyl (C=O) groups excluding carboxylic acids is 2. The molecule has 0 spiro atoms. The molecule has 1 fully saturated rings. The molecule has 5 rings (SSSR count). The summed E-state index contributed by atoms with van der Waals surface area (Å²) in [5, 5.41) is 7.25. The van der Waals surface area contributed by atoms with Gasteiger partial charge in [0.05, 0.1) is 12.2 Å². The van der Waals surface area contributed by atoms with Gasteiger partial charge in [0, 0.05) is 17.5 Å². The van der Waals surface area contributed by atoms with Gasteiger partial charge < -0.3 is 9.84 Å².